The topological polar surface area (TPSA) is 68.2 Å². The van der Waals surface area contributed by atoms with Gasteiger partial charge in [0, 0.05) is 13.1 Å². The average Bonchev–Trinajstić information content (AvgIpc) is 2.74. The van der Waals surface area contributed by atoms with Crippen LogP contribution in [0.2, 0.25) is 0 Å². The number of hydrogen-bond acceptors (Lipinski definition) is 4. The Morgan fingerprint density at radius 2 is 2.28 bits per heavy atom. The van der Waals surface area contributed by atoms with Crippen molar-refractivity contribution in [2.24, 2.45) is 11.7 Å². The maximum atomic E-state index is 5.57. The van der Waals surface area contributed by atoms with Crippen LogP contribution in [-0.2, 0) is 6.54 Å². The summed E-state index contributed by atoms with van der Waals surface area (Å²) in [7, 11) is 0. The van der Waals surface area contributed by atoms with E-state index < -0.39 is 0 Å². The van der Waals surface area contributed by atoms with Crippen LogP contribution in [0.5, 0.6) is 0 Å². The zero-order chi connectivity index (χ0) is 12.4. The summed E-state index contributed by atoms with van der Waals surface area (Å²) in [5.41, 5.74) is 7.28. The normalized spacial score (nSPS) is 15.8. The first-order chi connectivity index (χ1) is 8.85. The molecule has 0 bridgehead atoms. The van der Waals surface area contributed by atoms with Gasteiger partial charge in [-0.1, -0.05) is 19.3 Å². The molecule has 0 aromatic carbocycles. The first-order valence-electron chi connectivity index (χ1n) is 6.64. The van der Waals surface area contributed by atoms with Gasteiger partial charge in [-0.3, -0.25) is 0 Å². The minimum atomic E-state index is 0.452. The summed E-state index contributed by atoms with van der Waals surface area (Å²) in [6.07, 6.45) is 7.33. The number of anilines is 1. The minimum Gasteiger partial charge on any atom is -0.369 e. The van der Waals surface area contributed by atoms with Crippen LogP contribution in [0.4, 0.5) is 5.82 Å². The van der Waals surface area contributed by atoms with Gasteiger partial charge in [0.25, 0.3) is 0 Å². The van der Waals surface area contributed by atoms with Gasteiger partial charge in [0.15, 0.2) is 5.65 Å². The summed E-state index contributed by atoms with van der Waals surface area (Å²) in [6.45, 7) is 1.45. The lowest BCUT2D eigenvalue weighted by atomic mass is 9.83. The lowest BCUT2D eigenvalue weighted by Gasteiger charge is -2.25. The number of rotatable bonds is 5. The summed E-state index contributed by atoms with van der Waals surface area (Å²) in [6, 6.07) is 3.95. The third-order valence-electron chi connectivity index (χ3n) is 3.66. The molecule has 1 aliphatic rings. The minimum absolute atomic E-state index is 0.452. The number of fused-ring (bicyclic) bond motifs is 1. The molecule has 2 heterocycles. The zero-order valence-electron chi connectivity index (χ0n) is 10.5. The molecule has 0 aliphatic heterocycles. The van der Waals surface area contributed by atoms with E-state index in [1.54, 1.807) is 4.52 Å². The molecule has 96 valence electrons. The van der Waals surface area contributed by atoms with Crippen molar-refractivity contribution < 1.29 is 0 Å². The van der Waals surface area contributed by atoms with Crippen molar-refractivity contribution in [3.63, 3.8) is 0 Å². The fourth-order valence-electron chi connectivity index (χ4n) is 2.31. The van der Waals surface area contributed by atoms with E-state index in [1.807, 2.05) is 18.3 Å². The fourth-order valence-corrected chi connectivity index (χ4v) is 2.31. The van der Waals surface area contributed by atoms with Crippen molar-refractivity contribution in [3.05, 3.63) is 24.0 Å². The second kappa shape index (κ2) is 4.94. The van der Waals surface area contributed by atoms with Crippen molar-refractivity contribution in [1.29, 1.82) is 0 Å². The molecule has 5 nitrogen and oxygen atoms in total. The Kier molecular flexibility index (Phi) is 3.15. The van der Waals surface area contributed by atoms with Crippen molar-refractivity contribution in [2.75, 3.05) is 11.9 Å². The van der Waals surface area contributed by atoms with Gasteiger partial charge >= 0.3 is 0 Å². The second-order valence-corrected chi connectivity index (χ2v) is 4.97. The third-order valence-corrected chi connectivity index (χ3v) is 3.66. The molecule has 0 saturated heterocycles. The Labute approximate surface area is 106 Å². The number of aromatic nitrogens is 3. The predicted octanol–water partition coefficient (Wildman–Crippen LogP) is 1.79. The van der Waals surface area contributed by atoms with Crippen LogP contribution in [-0.4, -0.2) is 21.1 Å². The van der Waals surface area contributed by atoms with Gasteiger partial charge in [0.1, 0.15) is 5.82 Å². The van der Waals surface area contributed by atoms with Gasteiger partial charge in [0.05, 0.1) is 11.9 Å². The lowest BCUT2D eigenvalue weighted by Crippen LogP contribution is -2.16. The number of hydrogen-bond donors (Lipinski definition) is 2. The molecule has 5 heteroatoms. The molecule has 0 atom stereocenters. The van der Waals surface area contributed by atoms with Crippen molar-refractivity contribution in [2.45, 2.75) is 32.2 Å². The van der Waals surface area contributed by atoms with Crippen LogP contribution in [0, 0.1) is 5.92 Å². The summed E-state index contributed by atoms with van der Waals surface area (Å²) in [5, 5.41) is 7.84. The van der Waals surface area contributed by atoms with Crippen LogP contribution < -0.4 is 11.1 Å². The molecule has 1 saturated carbocycles. The first-order valence-corrected chi connectivity index (χ1v) is 6.64. The predicted molar refractivity (Wildman–Crippen MR) is 71.3 cm³/mol. The highest BCUT2D eigenvalue weighted by Crippen LogP contribution is 2.29. The maximum Gasteiger partial charge on any atom is 0.153 e. The largest absolute Gasteiger partial charge is 0.369 e. The Bertz CT molecular complexity index is 529. The van der Waals surface area contributed by atoms with E-state index in [2.05, 4.69) is 15.4 Å². The average molecular weight is 245 g/mol. The van der Waals surface area contributed by atoms with Crippen LogP contribution >= 0.6 is 0 Å². The summed E-state index contributed by atoms with van der Waals surface area (Å²) in [5.74, 6) is 1.83. The van der Waals surface area contributed by atoms with Crippen LogP contribution in [0.15, 0.2) is 18.3 Å². The molecule has 0 unspecified atom stereocenters. The smallest absolute Gasteiger partial charge is 0.153 e. The van der Waals surface area contributed by atoms with Crippen molar-refractivity contribution in [3.8, 4) is 0 Å². The summed E-state index contributed by atoms with van der Waals surface area (Å²) >= 11 is 0. The van der Waals surface area contributed by atoms with E-state index in [9.17, 15) is 0 Å². The Morgan fingerprint density at radius 3 is 3.00 bits per heavy atom. The summed E-state index contributed by atoms with van der Waals surface area (Å²) < 4.78 is 1.79. The summed E-state index contributed by atoms with van der Waals surface area (Å²) in [4.78, 5) is 4.35. The number of nitrogens with one attached hydrogen (secondary N) is 1. The van der Waals surface area contributed by atoms with E-state index >= 15 is 0 Å². The van der Waals surface area contributed by atoms with Gasteiger partial charge in [-0.15, -0.1) is 5.10 Å². The van der Waals surface area contributed by atoms with Gasteiger partial charge in [-0.25, -0.2) is 9.50 Å². The molecule has 18 heavy (non-hydrogen) atoms. The van der Waals surface area contributed by atoms with Crippen LogP contribution in [0.25, 0.3) is 5.65 Å². The molecular formula is C13H19N5. The molecule has 3 N–H and O–H groups in total. The molecule has 0 radical (unpaired) electrons. The maximum absolute atomic E-state index is 5.57. The number of nitrogens with two attached hydrogens (primary N) is 1. The zero-order valence-corrected chi connectivity index (χ0v) is 10.5. The quantitative estimate of drug-likeness (QED) is 0.842. The Hall–Kier alpha value is -1.62. The van der Waals surface area contributed by atoms with E-state index in [4.69, 9.17) is 5.73 Å². The van der Waals surface area contributed by atoms with E-state index in [0.29, 0.717) is 6.54 Å². The number of nitrogens with zero attached hydrogens (tertiary/aromatic N) is 3. The highest BCUT2D eigenvalue weighted by Gasteiger charge is 2.16. The van der Waals surface area contributed by atoms with E-state index in [1.165, 1.54) is 25.7 Å². The van der Waals surface area contributed by atoms with E-state index in [-0.39, 0.29) is 0 Å². The Morgan fingerprint density at radius 1 is 1.39 bits per heavy atom. The third kappa shape index (κ3) is 2.31. The van der Waals surface area contributed by atoms with Gasteiger partial charge in [0.2, 0.25) is 0 Å². The molecule has 1 aliphatic carbocycles. The molecule has 2 aromatic heterocycles. The molecule has 1 fully saturated rings. The van der Waals surface area contributed by atoms with E-state index in [0.717, 1.165) is 29.6 Å². The molecular weight excluding hydrogens is 226 g/mol. The fraction of sp³-hybridized carbons (Fsp3) is 0.538. The second-order valence-electron chi connectivity index (χ2n) is 4.97. The first kappa shape index (κ1) is 11.5. The highest BCUT2D eigenvalue weighted by molar-refractivity contribution is 5.45. The standard InChI is InChI=1S/C13H19N5/c14-8-11-9-18-13(16-11)5-4-12(17-18)15-7-6-10-2-1-3-10/h4-5,9-10H,1-3,6-8,14H2,(H,15,17). The van der Waals surface area contributed by atoms with Crippen molar-refractivity contribution >= 4 is 11.5 Å². The molecule has 3 rings (SSSR count). The Balaban J connectivity index is 1.64. The van der Waals surface area contributed by atoms with Gasteiger partial charge in [-0.2, -0.15) is 0 Å². The molecule has 0 amide bonds. The molecule has 2 aromatic rings. The van der Waals surface area contributed by atoms with Crippen LogP contribution in [0.3, 0.4) is 0 Å². The van der Waals surface area contributed by atoms with Crippen molar-refractivity contribution in [1.82, 2.24) is 14.6 Å². The molecule has 0 spiro atoms. The van der Waals surface area contributed by atoms with Gasteiger partial charge < -0.3 is 11.1 Å². The van der Waals surface area contributed by atoms with Crippen LogP contribution in [0.1, 0.15) is 31.4 Å². The van der Waals surface area contributed by atoms with Gasteiger partial charge in [-0.05, 0) is 24.5 Å². The lowest BCUT2D eigenvalue weighted by molar-refractivity contribution is 0.303. The SMILES string of the molecule is NCc1cn2nc(NCCC3CCC3)ccc2n1. The monoisotopic (exact) mass is 245 g/mol. The highest BCUT2D eigenvalue weighted by atomic mass is 15.3. The number of imidazole rings is 1.